The number of nitrogens with one attached hydrogen (secondary N) is 1. The van der Waals surface area contributed by atoms with Crippen LogP contribution in [0.15, 0.2) is 64.0 Å². The molecule has 1 amide bonds. The lowest BCUT2D eigenvalue weighted by Crippen LogP contribution is -2.50. The molecule has 7 nitrogen and oxygen atoms in total. The minimum atomic E-state index is -1.23. The highest BCUT2D eigenvalue weighted by Crippen LogP contribution is 2.18. The highest BCUT2D eigenvalue weighted by atomic mass is 19.1. The van der Waals surface area contributed by atoms with E-state index >= 15 is 0 Å². The van der Waals surface area contributed by atoms with Crippen LogP contribution in [-0.2, 0) is 10.3 Å². The van der Waals surface area contributed by atoms with Gasteiger partial charge < -0.3 is 14.5 Å². The minimum Gasteiger partial charge on any atom is -0.492 e. The zero-order valence-corrected chi connectivity index (χ0v) is 15.5. The van der Waals surface area contributed by atoms with E-state index in [0.29, 0.717) is 17.2 Å². The van der Waals surface area contributed by atoms with Gasteiger partial charge in [-0.05, 0) is 56.3 Å². The highest BCUT2D eigenvalue weighted by molar-refractivity contribution is 5.83. The summed E-state index contributed by atoms with van der Waals surface area (Å²) >= 11 is 0. The molecule has 3 rings (SSSR count). The lowest BCUT2D eigenvalue weighted by atomic mass is 10.0. The predicted octanol–water partition coefficient (Wildman–Crippen LogP) is 2.57. The molecular formula is C20H20FN3O4. The molecule has 0 unspecified atom stereocenters. The second kappa shape index (κ2) is 8.08. The van der Waals surface area contributed by atoms with E-state index in [1.54, 1.807) is 32.0 Å². The van der Waals surface area contributed by atoms with Crippen molar-refractivity contribution in [1.82, 2.24) is 15.1 Å². The van der Waals surface area contributed by atoms with E-state index in [0.717, 1.165) is 4.68 Å². The number of furan rings is 1. The van der Waals surface area contributed by atoms with E-state index in [1.807, 2.05) is 0 Å². The number of benzene rings is 1. The third-order valence-electron chi connectivity index (χ3n) is 4.13. The molecule has 0 aliphatic rings. The molecule has 0 aliphatic heterocycles. The van der Waals surface area contributed by atoms with Crippen molar-refractivity contribution >= 4 is 5.91 Å². The first-order valence-electron chi connectivity index (χ1n) is 8.69. The summed E-state index contributed by atoms with van der Waals surface area (Å²) in [7, 11) is 0. The lowest BCUT2D eigenvalue weighted by Gasteiger charge is -2.25. The molecule has 0 spiro atoms. The molecule has 0 saturated carbocycles. The summed E-state index contributed by atoms with van der Waals surface area (Å²) in [4.78, 5) is 24.9. The highest BCUT2D eigenvalue weighted by Gasteiger charge is 2.32. The molecule has 1 aromatic carbocycles. The molecule has 8 heteroatoms. The summed E-state index contributed by atoms with van der Waals surface area (Å²) in [5.41, 5.74) is -1.18. The summed E-state index contributed by atoms with van der Waals surface area (Å²) in [6.07, 6.45) is 1.51. The molecule has 0 aliphatic carbocycles. The predicted molar refractivity (Wildman–Crippen MR) is 100 cm³/mol. The monoisotopic (exact) mass is 385 g/mol. The van der Waals surface area contributed by atoms with Crippen LogP contribution in [0.4, 0.5) is 4.39 Å². The van der Waals surface area contributed by atoms with E-state index in [2.05, 4.69) is 10.4 Å². The molecule has 0 fully saturated rings. The molecule has 1 N–H and O–H groups in total. The van der Waals surface area contributed by atoms with Crippen molar-refractivity contribution in [2.75, 3.05) is 13.2 Å². The Hall–Kier alpha value is -3.42. The molecular weight excluding hydrogens is 365 g/mol. The van der Waals surface area contributed by atoms with Crippen molar-refractivity contribution in [3.05, 3.63) is 71.0 Å². The maximum atomic E-state index is 12.9. The smallest absolute Gasteiger partial charge is 0.267 e. The first-order chi connectivity index (χ1) is 13.4. The molecule has 3 aromatic rings. The number of rotatable bonds is 7. The fourth-order valence-corrected chi connectivity index (χ4v) is 2.54. The number of halogens is 1. The third kappa shape index (κ3) is 4.28. The van der Waals surface area contributed by atoms with Crippen LogP contribution in [0.25, 0.3) is 11.5 Å². The van der Waals surface area contributed by atoms with Gasteiger partial charge in [-0.15, -0.1) is 0 Å². The Morgan fingerprint density at radius 1 is 1.21 bits per heavy atom. The van der Waals surface area contributed by atoms with Gasteiger partial charge in [0.05, 0.1) is 12.8 Å². The summed E-state index contributed by atoms with van der Waals surface area (Å²) in [5, 5.41) is 7.00. The number of ether oxygens (including phenoxy) is 1. The maximum absolute atomic E-state index is 12.9. The van der Waals surface area contributed by atoms with Gasteiger partial charge in [0.15, 0.2) is 5.76 Å². The number of aromatic nitrogens is 2. The van der Waals surface area contributed by atoms with Gasteiger partial charge in [0.25, 0.3) is 5.56 Å². The van der Waals surface area contributed by atoms with Crippen molar-refractivity contribution in [2.45, 2.75) is 19.4 Å². The van der Waals surface area contributed by atoms with Crippen LogP contribution < -0.4 is 15.6 Å². The van der Waals surface area contributed by atoms with Crippen molar-refractivity contribution < 1.29 is 18.3 Å². The Balaban J connectivity index is 1.64. The molecule has 0 radical (unpaired) electrons. The van der Waals surface area contributed by atoms with Crippen LogP contribution in [0.1, 0.15) is 13.8 Å². The minimum absolute atomic E-state index is 0.197. The molecule has 2 aromatic heterocycles. The van der Waals surface area contributed by atoms with Crippen LogP contribution in [0.5, 0.6) is 5.75 Å². The quantitative estimate of drug-likeness (QED) is 0.632. The van der Waals surface area contributed by atoms with E-state index < -0.39 is 11.1 Å². The average Bonchev–Trinajstić information content (AvgIpc) is 3.21. The van der Waals surface area contributed by atoms with Crippen molar-refractivity contribution in [2.24, 2.45) is 0 Å². The normalized spacial score (nSPS) is 11.2. The Morgan fingerprint density at radius 3 is 2.64 bits per heavy atom. The van der Waals surface area contributed by atoms with E-state index in [9.17, 15) is 14.0 Å². The van der Waals surface area contributed by atoms with Crippen LogP contribution in [0.3, 0.4) is 0 Å². The SMILES string of the molecule is CC(C)(C(=O)NCCOc1ccc(F)cc1)n1nc(-c2ccco2)ccc1=O. The lowest BCUT2D eigenvalue weighted by molar-refractivity contribution is -0.129. The number of hydrogen-bond acceptors (Lipinski definition) is 5. The Labute approximate surface area is 160 Å². The number of nitrogens with zero attached hydrogens (tertiary/aromatic N) is 2. The van der Waals surface area contributed by atoms with Crippen LogP contribution in [0.2, 0.25) is 0 Å². The van der Waals surface area contributed by atoms with E-state index in [-0.39, 0.29) is 24.9 Å². The van der Waals surface area contributed by atoms with Gasteiger partial charge in [-0.3, -0.25) is 9.59 Å². The Bertz CT molecular complexity index is 995. The average molecular weight is 385 g/mol. The van der Waals surface area contributed by atoms with Gasteiger partial charge in [0.2, 0.25) is 5.91 Å². The fourth-order valence-electron chi connectivity index (χ4n) is 2.54. The van der Waals surface area contributed by atoms with E-state index in [4.69, 9.17) is 9.15 Å². The maximum Gasteiger partial charge on any atom is 0.267 e. The van der Waals surface area contributed by atoms with Gasteiger partial charge in [0.1, 0.15) is 29.4 Å². The van der Waals surface area contributed by atoms with Crippen molar-refractivity contribution in [1.29, 1.82) is 0 Å². The van der Waals surface area contributed by atoms with Crippen molar-refractivity contribution in [3.8, 4) is 17.2 Å². The third-order valence-corrected chi connectivity index (χ3v) is 4.13. The number of amides is 1. The van der Waals surface area contributed by atoms with Gasteiger partial charge in [0, 0.05) is 6.07 Å². The standard InChI is InChI=1S/C20H20FN3O4/c1-20(2,19(26)22-11-13-27-15-7-5-14(21)6-8-15)24-18(25)10-9-16(23-24)17-4-3-12-28-17/h3-10,12H,11,13H2,1-2H3,(H,22,26). The van der Waals surface area contributed by atoms with Gasteiger partial charge in [-0.25, -0.2) is 9.07 Å². The Kier molecular flexibility index (Phi) is 5.58. The van der Waals surface area contributed by atoms with Gasteiger partial charge in [-0.1, -0.05) is 0 Å². The molecule has 0 bridgehead atoms. The topological polar surface area (TPSA) is 86.4 Å². The zero-order valence-electron chi connectivity index (χ0n) is 15.5. The van der Waals surface area contributed by atoms with Crippen LogP contribution in [-0.4, -0.2) is 28.8 Å². The fraction of sp³-hybridized carbons (Fsp3) is 0.250. The summed E-state index contributed by atoms with van der Waals surface area (Å²) in [6, 6.07) is 11.9. The van der Waals surface area contributed by atoms with Gasteiger partial charge >= 0.3 is 0 Å². The summed E-state index contributed by atoms with van der Waals surface area (Å²) in [5.74, 6) is 0.259. The molecule has 146 valence electrons. The van der Waals surface area contributed by atoms with Crippen LogP contribution >= 0.6 is 0 Å². The number of hydrogen-bond donors (Lipinski definition) is 1. The zero-order chi connectivity index (χ0) is 20.1. The van der Waals surface area contributed by atoms with Gasteiger partial charge in [-0.2, -0.15) is 5.10 Å². The second-order valence-electron chi connectivity index (χ2n) is 6.56. The number of carbonyl (C=O) groups is 1. The second-order valence-corrected chi connectivity index (χ2v) is 6.56. The summed E-state index contributed by atoms with van der Waals surface area (Å²) in [6.45, 7) is 3.61. The molecule has 0 saturated heterocycles. The van der Waals surface area contributed by atoms with Crippen LogP contribution in [0, 0.1) is 5.82 Å². The number of carbonyl (C=O) groups excluding carboxylic acids is 1. The van der Waals surface area contributed by atoms with E-state index in [1.165, 1.54) is 36.6 Å². The van der Waals surface area contributed by atoms with Crippen molar-refractivity contribution in [3.63, 3.8) is 0 Å². The Morgan fingerprint density at radius 2 is 1.96 bits per heavy atom. The first-order valence-corrected chi connectivity index (χ1v) is 8.69. The first kappa shape index (κ1) is 19.3. The molecule has 2 heterocycles. The molecule has 28 heavy (non-hydrogen) atoms. The molecule has 0 atom stereocenters. The largest absolute Gasteiger partial charge is 0.492 e. The summed E-state index contributed by atoms with van der Waals surface area (Å²) < 4.78 is 24.7.